The van der Waals surface area contributed by atoms with Gasteiger partial charge in [0, 0.05) is 17.8 Å². The quantitative estimate of drug-likeness (QED) is 0.707. The highest BCUT2D eigenvalue weighted by Gasteiger charge is 2.15. The molecule has 0 saturated carbocycles. The monoisotopic (exact) mass is 368 g/mol. The molecule has 3 rings (SSSR count). The van der Waals surface area contributed by atoms with Gasteiger partial charge >= 0.3 is 0 Å². The molecule has 1 fully saturated rings. The number of benzene rings is 2. The maximum Gasteiger partial charge on any atom is 0.171 e. The minimum absolute atomic E-state index is 0.674. The fourth-order valence-electron chi connectivity index (χ4n) is 3.57. The van der Waals surface area contributed by atoms with Gasteiger partial charge in [0.2, 0.25) is 0 Å². The summed E-state index contributed by atoms with van der Waals surface area (Å²) in [6, 6.07) is 15.1. The van der Waals surface area contributed by atoms with E-state index in [-0.39, 0.29) is 0 Å². The van der Waals surface area contributed by atoms with Crippen molar-refractivity contribution in [2.24, 2.45) is 0 Å². The number of aryl methyl sites for hydroxylation is 2. The lowest BCUT2D eigenvalue weighted by Gasteiger charge is -2.24. The van der Waals surface area contributed by atoms with Crippen molar-refractivity contribution in [2.45, 2.75) is 46.2 Å². The molecule has 0 aliphatic carbocycles. The van der Waals surface area contributed by atoms with Crippen molar-refractivity contribution in [3.05, 3.63) is 64.7 Å². The van der Waals surface area contributed by atoms with Gasteiger partial charge in [-0.15, -0.1) is 0 Å². The Labute approximate surface area is 162 Å². The lowest BCUT2D eigenvalue weighted by Crippen LogP contribution is -3.11. The molecule has 3 nitrogen and oxygen atoms in total. The molecule has 0 atom stereocenters. The Morgan fingerprint density at radius 1 is 0.962 bits per heavy atom. The Kier molecular flexibility index (Phi) is 6.64. The van der Waals surface area contributed by atoms with Crippen LogP contribution in [0.4, 0.5) is 5.69 Å². The van der Waals surface area contributed by atoms with Crippen LogP contribution in [0.1, 0.15) is 41.5 Å². The molecule has 4 heteroatoms. The van der Waals surface area contributed by atoms with Gasteiger partial charge in [0.1, 0.15) is 6.54 Å². The Balaban J connectivity index is 1.56. The maximum atomic E-state index is 5.49. The van der Waals surface area contributed by atoms with E-state index in [1.54, 1.807) is 4.90 Å². The molecule has 0 amide bonds. The molecule has 2 aromatic rings. The number of thiocarbonyl (C=S) groups is 1. The minimum Gasteiger partial charge on any atom is -0.358 e. The molecular weight excluding hydrogens is 338 g/mol. The van der Waals surface area contributed by atoms with Crippen LogP contribution in [0.5, 0.6) is 0 Å². The van der Waals surface area contributed by atoms with Gasteiger partial charge in [-0.05, 0) is 74.2 Å². The van der Waals surface area contributed by atoms with Crippen molar-refractivity contribution < 1.29 is 4.90 Å². The highest BCUT2D eigenvalue weighted by Crippen LogP contribution is 2.14. The first-order valence-electron chi connectivity index (χ1n) is 9.64. The summed E-state index contributed by atoms with van der Waals surface area (Å²) in [6.45, 7) is 8.73. The average molecular weight is 369 g/mol. The van der Waals surface area contributed by atoms with E-state index in [0.29, 0.717) is 5.11 Å². The smallest absolute Gasteiger partial charge is 0.171 e. The summed E-state index contributed by atoms with van der Waals surface area (Å²) in [4.78, 5) is 1.71. The lowest BCUT2D eigenvalue weighted by atomic mass is 10.0. The van der Waals surface area contributed by atoms with Crippen molar-refractivity contribution in [1.82, 2.24) is 5.32 Å². The van der Waals surface area contributed by atoms with Gasteiger partial charge in [-0.25, -0.2) is 0 Å². The minimum atomic E-state index is 0.674. The third-order valence-electron chi connectivity index (χ3n) is 5.32. The van der Waals surface area contributed by atoms with E-state index in [2.05, 4.69) is 66.9 Å². The van der Waals surface area contributed by atoms with Gasteiger partial charge < -0.3 is 15.5 Å². The molecule has 1 saturated heterocycles. The summed E-state index contributed by atoms with van der Waals surface area (Å²) in [5, 5.41) is 7.34. The van der Waals surface area contributed by atoms with E-state index in [4.69, 9.17) is 12.2 Å². The number of piperidine rings is 1. The first-order valence-corrected chi connectivity index (χ1v) is 10.0. The molecule has 3 N–H and O–H groups in total. The van der Waals surface area contributed by atoms with Crippen LogP contribution >= 0.6 is 12.2 Å². The van der Waals surface area contributed by atoms with E-state index in [1.165, 1.54) is 54.6 Å². The lowest BCUT2D eigenvalue weighted by molar-refractivity contribution is -0.918. The van der Waals surface area contributed by atoms with E-state index < -0.39 is 0 Å². The van der Waals surface area contributed by atoms with Crippen molar-refractivity contribution >= 4 is 23.0 Å². The Morgan fingerprint density at radius 3 is 2.42 bits per heavy atom. The zero-order chi connectivity index (χ0) is 18.4. The van der Waals surface area contributed by atoms with Gasteiger partial charge in [-0.1, -0.05) is 30.3 Å². The largest absolute Gasteiger partial charge is 0.358 e. The maximum absolute atomic E-state index is 5.49. The summed E-state index contributed by atoms with van der Waals surface area (Å²) >= 11 is 5.49. The second-order valence-electron chi connectivity index (χ2n) is 7.36. The van der Waals surface area contributed by atoms with Crippen LogP contribution in [0.15, 0.2) is 42.5 Å². The zero-order valence-electron chi connectivity index (χ0n) is 15.9. The number of anilines is 1. The molecule has 0 spiro atoms. The number of hydrogen-bond donors (Lipinski definition) is 3. The summed E-state index contributed by atoms with van der Waals surface area (Å²) < 4.78 is 0. The molecule has 0 radical (unpaired) electrons. The van der Waals surface area contributed by atoms with Crippen molar-refractivity contribution in [2.75, 3.05) is 18.4 Å². The predicted molar refractivity (Wildman–Crippen MR) is 114 cm³/mol. The number of quaternary nitrogens is 1. The summed E-state index contributed by atoms with van der Waals surface area (Å²) in [7, 11) is 0. The number of hydrogen-bond acceptors (Lipinski definition) is 1. The highest BCUT2D eigenvalue weighted by atomic mass is 32.1. The molecule has 138 valence electrons. The van der Waals surface area contributed by atoms with Gasteiger partial charge in [0.15, 0.2) is 5.11 Å². The van der Waals surface area contributed by atoms with Gasteiger partial charge in [-0.3, -0.25) is 0 Å². The summed E-state index contributed by atoms with van der Waals surface area (Å²) in [5.41, 5.74) is 6.38. The average Bonchev–Trinajstić information content (AvgIpc) is 2.65. The number of likely N-dealkylation sites (tertiary alicyclic amines) is 1. The zero-order valence-corrected chi connectivity index (χ0v) is 16.7. The molecular formula is C22H30N3S+. The molecule has 1 aliphatic heterocycles. The fraction of sp³-hybridized carbons (Fsp3) is 0.409. The molecule has 0 bridgehead atoms. The van der Waals surface area contributed by atoms with E-state index in [1.807, 2.05) is 0 Å². The molecule has 1 aliphatic rings. The highest BCUT2D eigenvalue weighted by molar-refractivity contribution is 7.80. The van der Waals surface area contributed by atoms with E-state index in [0.717, 1.165) is 18.8 Å². The normalized spacial score (nSPS) is 14.8. The third kappa shape index (κ3) is 5.29. The van der Waals surface area contributed by atoms with Gasteiger partial charge in [0.05, 0.1) is 13.1 Å². The topological polar surface area (TPSA) is 28.5 Å². The number of rotatable bonds is 5. The Morgan fingerprint density at radius 2 is 1.69 bits per heavy atom. The first kappa shape index (κ1) is 18.9. The van der Waals surface area contributed by atoms with Crippen LogP contribution in [-0.4, -0.2) is 18.2 Å². The number of nitrogens with one attached hydrogen (secondary N) is 3. The SMILES string of the molecule is Cc1ccc(NC(=S)NCc2ccccc2C[NH+]2CCCCC2)cc1C. The second kappa shape index (κ2) is 9.15. The van der Waals surface area contributed by atoms with Crippen molar-refractivity contribution in [1.29, 1.82) is 0 Å². The summed E-state index contributed by atoms with van der Waals surface area (Å²) in [6.07, 6.45) is 4.12. The van der Waals surface area contributed by atoms with Crippen LogP contribution in [0.3, 0.4) is 0 Å². The molecule has 26 heavy (non-hydrogen) atoms. The first-order chi connectivity index (χ1) is 12.6. The van der Waals surface area contributed by atoms with Crippen LogP contribution < -0.4 is 15.5 Å². The Hall–Kier alpha value is -1.91. The van der Waals surface area contributed by atoms with Crippen molar-refractivity contribution in [3.63, 3.8) is 0 Å². The van der Waals surface area contributed by atoms with Crippen LogP contribution in [-0.2, 0) is 13.1 Å². The predicted octanol–water partition coefficient (Wildman–Crippen LogP) is 3.36. The van der Waals surface area contributed by atoms with Gasteiger partial charge in [0.25, 0.3) is 0 Å². The van der Waals surface area contributed by atoms with Crippen LogP contribution in [0, 0.1) is 13.8 Å². The third-order valence-corrected chi connectivity index (χ3v) is 5.57. The molecule has 1 heterocycles. The van der Waals surface area contributed by atoms with E-state index >= 15 is 0 Å². The van der Waals surface area contributed by atoms with Crippen molar-refractivity contribution in [3.8, 4) is 0 Å². The van der Waals surface area contributed by atoms with Crippen LogP contribution in [0.25, 0.3) is 0 Å². The second-order valence-corrected chi connectivity index (χ2v) is 7.77. The Bertz CT molecular complexity index is 751. The molecule has 0 aromatic heterocycles. The summed E-state index contributed by atoms with van der Waals surface area (Å²) in [5.74, 6) is 0. The fourth-order valence-corrected chi connectivity index (χ4v) is 3.76. The standard InChI is InChI=1S/C22H29N3S/c1-17-10-11-21(14-18(17)2)24-22(26)23-15-19-8-4-5-9-20(19)16-25-12-6-3-7-13-25/h4-5,8-11,14H,3,6-7,12-13,15-16H2,1-2H3,(H2,23,24,26)/p+1. The molecule has 2 aromatic carbocycles. The van der Waals surface area contributed by atoms with Gasteiger partial charge in [-0.2, -0.15) is 0 Å². The molecule has 0 unspecified atom stereocenters. The van der Waals surface area contributed by atoms with Crippen LogP contribution in [0.2, 0.25) is 0 Å². The van der Waals surface area contributed by atoms with E-state index in [9.17, 15) is 0 Å².